The predicted molar refractivity (Wildman–Crippen MR) is 79.9 cm³/mol. The molecule has 1 aliphatic heterocycles. The highest BCUT2D eigenvalue weighted by molar-refractivity contribution is 5.69. The highest BCUT2D eigenvalue weighted by Gasteiger charge is 2.45. The second-order valence-electron chi connectivity index (χ2n) is 7.19. The average molecular weight is 283 g/mol. The van der Waals surface area contributed by atoms with Gasteiger partial charge >= 0.3 is 6.09 Å². The van der Waals surface area contributed by atoms with Crippen molar-refractivity contribution in [3.63, 3.8) is 0 Å². The zero-order valence-electron chi connectivity index (χ0n) is 13.3. The first-order valence-corrected chi connectivity index (χ1v) is 7.75. The van der Waals surface area contributed by atoms with Gasteiger partial charge in [-0.15, -0.1) is 0 Å². The Morgan fingerprint density at radius 1 is 1.35 bits per heavy atom. The summed E-state index contributed by atoms with van der Waals surface area (Å²) in [5.74, 6) is 0. The van der Waals surface area contributed by atoms with E-state index in [-0.39, 0.29) is 11.6 Å². The molecule has 2 aliphatic rings. The lowest BCUT2D eigenvalue weighted by atomic mass is 9.86. The molecule has 2 N–H and O–H groups in total. The fraction of sp³-hybridized carbons (Fsp3) is 0.933. The number of rotatable bonds is 2. The van der Waals surface area contributed by atoms with E-state index >= 15 is 0 Å². The predicted octanol–water partition coefficient (Wildman–Crippen LogP) is 1.73. The van der Waals surface area contributed by atoms with Crippen molar-refractivity contribution in [3.8, 4) is 0 Å². The van der Waals surface area contributed by atoms with Crippen LogP contribution in [0.15, 0.2) is 0 Å². The van der Waals surface area contributed by atoms with Crippen LogP contribution < -0.4 is 10.6 Å². The Bertz CT molecular complexity index is 346. The van der Waals surface area contributed by atoms with Crippen molar-refractivity contribution >= 4 is 6.09 Å². The van der Waals surface area contributed by atoms with Gasteiger partial charge in [0, 0.05) is 25.7 Å². The van der Waals surface area contributed by atoms with Crippen molar-refractivity contribution < 1.29 is 9.53 Å². The SMILES string of the molecule is CN1CCNCC1C1(NC(=O)OC(C)(C)C)CCCC1. The van der Waals surface area contributed by atoms with Gasteiger partial charge in [-0.2, -0.15) is 0 Å². The number of amides is 1. The quantitative estimate of drug-likeness (QED) is 0.810. The molecule has 1 unspecified atom stereocenters. The summed E-state index contributed by atoms with van der Waals surface area (Å²) < 4.78 is 5.46. The Balaban J connectivity index is 2.07. The van der Waals surface area contributed by atoms with Gasteiger partial charge in [0.15, 0.2) is 0 Å². The van der Waals surface area contributed by atoms with E-state index in [1.165, 1.54) is 12.8 Å². The van der Waals surface area contributed by atoms with Crippen molar-refractivity contribution in [2.45, 2.75) is 63.6 Å². The van der Waals surface area contributed by atoms with Gasteiger partial charge in [0.05, 0.1) is 5.54 Å². The van der Waals surface area contributed by atoms with E-state index in [1.807, 2.05) is 20.8 Å². The number of alkyl carbamates (subject to hydrolysis) is 1. The second-order valence-corrected chi connectivity index (χ2v) is 7.19. The number of hydrogen-bond donors (Lipinski definition) is 2. The lowest BCUT2D eigenvalue weighted by molar-refractivity contribution is 0.0328. The van der Waals surface area contributed by atoms with Gasteiger partial charge in [-0.25, -0.2) is 4.79 Å². The Labute approximate surface area is 122 Å². The number of nitrogens with one attached hydrogen (secondary N) is 2. The van der Waals surface area contributed by atoms with Crippen LogP contribution in [0.3, 0.4) is 0 Å². The molecule has 0 aromatic carbocycles. The number of nitrogens with zero attached hydrogens (tertiary/aromatic N) is 1. The Morgan fingerprint density at radius 2 is 2.00 bits per heavy atom. The van der Waals surface area contributed by atoms with Crippen LogP contribution in [-0.2, 0) is 4.74 Å². The number of piperazine rings is 1. The first-order chi connectivity index (χ1) is 9.32. The Kier molecular flexibility index (Phi) is 4.59. The highest BCUT2D eigenvalue weighted by Crippen LogP contribution is 2.35. The van der Waals surface area contributed by atoms with Crippen molar-refractivity contribution in [3.05, 3.63) is 0 Å². The zero-order chi connectivity index (χ0) is 14.8. The molecule has 1 saturated heterocycles. The van der Waals surface area contributed by atoms with Gasteiger partial charge in [-0.1, -0.05) is 12.8 Å². The van der Waals surface area contributed by atoms with Crippen LogP contribution in [0, 0.1) is 0 Å². The summed E-state index contributed by atoms with van der Waals surface area (Å²) in [5, 5.41) is 6.66. The minimum absolute atomic E-state index is 0.134. The average Bonchev–Trinajstić information content (AvgIpc) is 2.76. The zero-order valence-corrected chi connectivity index (χ0v) is 13.3. The number of carbonyl (C=O) groups is 1. The van der Waals surface area contributed by atoms with Crippen LogP contribution in [0.1, 0.15) is 46.5 Å². The molecule has 1 heterocycles. The maximum Gasteiger partial charge on any atom is 0.408 e. The highest BCUT2D eigenvalue weighted by atomic mass is 16.6. The molecule has 1 aliphatic carbocycles. The van der Waals surface area contributed by atoms with Crippen molar-refractivity contribution in [1.82, 2.24) is 15.5 Å². The lowest BCUT2D eigenvalue weighted by Crippen LogP contribution is -2.66. The normalized spacial score (nSPS) is 27.3. The fourth-order valence-electron chi connectivity index (χ4n) is 3.48. The van der Waals surface area contributed by atoms with Crippen LogP contribution >= 0.6 is 0 Å². The van der Waals surface area contributed by atoms with Crippen molar-refractivity contribution in [2.24, 2.45) is 0 Å². The molecule has 0 bridgehead atoms. The molecule has 116 valence electrons. The summed E-state index contributed by atoms with van der Waals surface area (Å²) in [4.78, 5) is 14.6. The number of carbonyl (C=O) groups excluding carboxylic acids is 1. The molecule has 1 saturated carbocycles. The molecule has 1 atom stereocenters. The fourth-order valence-corrected chi connectivity index (χ4v) is 3.48. The minimum atomic E-state index is -0.444. The minimum Gasteiger partial charge on any atom is -0.444 e. The number of ether oxygens (including phenoxy) is 1. The maximum absolute atomic E-state index is 12.2. The van der Waals surface area contributed by atoms with Crippen molar-refractivity contribution in [1.29, 1.82) is 0 Å². The topological polar surface area (TPSA) is 53.6 Å². The molecule has 20 heavy (non-hydrogen) atoms. The van der Waals surface area contributed by atoms with E-state index in [0.29, 0.717) is 6.04 Å². The van der Waals surface area contributed by atoms with Crippen molar-refractivity contribution in [2.75, 3.05) is 26.7 Å². The van der Waals surface area contributed by atoms with Crippen LogP contribution in [0.2, 0.25) is 0 Å². The Morgan fingerprint density at radius 3 is 2.55 bits per heavy atom. The third-order valence-corrected chi connectivity index (χ3v) is 4.39. The van der Waals surface area contributed by atoms with E-state index < -0.39 is 5.60 Å². The van der Waals surface area contributed by atoms with Crippen LogP contribution in [0.5, 0.6) is 0 Å². The van der Waals surface area contributed by atoms with E-state index in [2.05, 4.69) is 22.6 Å². The summed E-state index contributed by atoms with van der Waals surface area (Å²) in [5.41, 5.74) is -0.578. The molecule has 1 amide bonds. The molecule has 5 heteroatoms. The summed E-state index contributed by atoms with van der Waals surface area (Å²) in [6.45, 7) is 8.71. The van der Waals surface area contributed by atoms with E-state index in [0.717, 1.165) is 32.5 Å². The van der Waals surface area contributed by atoms with Gasteiger partial charge in [0.1, 0.15) is 5.60 Å². The van der Waals surface area contributed by atoms with Crippen LogP contribution in [0.4, 0.5) is 4.79 Å². The summed E-state index contributed by atoms with van der Waals surface area (Å²) >= 11 is 0. The summed E-state index contributed by atoms with van der Waals surface area (Å²) in [6.07, 6.45) is 4.17. The number of hydrogen-bond acceptors (Lipinski definition) is 4. The molecule has 0 aromatic rings. The number of likely N-dealkylation sites (N-methyl/N-ethyl adjacent to an activating group) is 1. The molecule has 2 rings (SSSR count). The first-order valence-electron chi connectivity index (χ1n) is 7.75. The van der Waals surface area contributed by atoms with Crippen LogP contribution in [0.25, 0.3) is 0 Å². The molecule has 5 nitrogen and oxygen atoms in total. The van der Waals surface area contributed by atoms with Gasteiger partial charge < -0.3 is 15.4 Å². The van der Waals surface area contributed by atoms with E-state index in [9.17, 15) is 4.79 Å². The van der Waals surface area contributed by atoms with Crippen LogP contribution in [-0.4, -0.2) is 54.9 Å². The first kappa shape index (κ1) is 15.6. The summed E-state index contributed by atoms with van der Waals surface area (Å²) in [6, 6.07) is 0.353. The third-order valence-electron chi connectivity index (χ3n) is 4.39. The lowest BCUT2D eigenvalue weighted by Gasteiger charge is -2.45. The summed E-state index contributed by atoms with van der Waals surface area (Å²) in [7, 11) is 2.16. The molecule has 2 fully saturated rings. The third kappa shape index (κ3) is 3.64. The van der Waals surface area contributed by atoms with Gasteiger partial charge in [0.2, 0.25) is 0 Å². The largest absolute Gasteiger partial charge is 0.444 e. The van der Waals surface area contributed by atoms with Gasteiger partial charge in [0.25, 0.3) is 0 Å². The second kappa shape index (κ2) is 5.90. The molecule has 0 radical (unpaired) electrons. The van der Waals surface area contributed by atoms with E-state index in [1.54, 1.807) is 0 Å². The Hall–Kier alpha value is -0.810. The van der Waals surface area contributed by atoms with Gasteiger partial charge in [-0.3, -0.25) is 4.90 Å². The molecular formula is C15H29N3O2. The molecule has 0 spiro atoms. The smallest absolute Gasteiger partial charge is 0.408 e. The standard InChI is InChI=1S/C15H29N3O2/c1-14(2,3)20-13(19)17-15(7-5-6-8-15)12-11-16-9-10-18(12)4/h12,16H,5-11H2,1-4H3,(H,17,19). The van der Waals surface area contributed by atoms with Gasteiger partial charge in [-0.05, 0) is 40.7 Å². The maximum atomic E-state index is 12.2. The molecular weight excluding hydrogens is 254 g/mol. The molecule has 0 aromatic heterocycles. The monoisotopic (exact) mass is 283 g/mol. The van der Waals surface area contributed by atoms with E-state index in [4.69, 9.17) is 4.74 Å².